The molecule has 0 atom stereocenters. The maximum absolute atomic E-state index is 10.6. The van der Waals surface area contributed by atoms with E-state index < -0.39 is 11.7 Å². The molecular formula is C9H10N4O2. The number of rotatable bonds is 4. The predicted molar refractivity (Wildman–Crippen MR) is 54.4 cm³/mol. The molecule has 0 aliphatic rings. The van der Waals surface area contributed by atoms with Crippen LogP contribution in [0.4, 0.5) is 0 Å². The minimum absolute atomic E-state index is 0.193. The topological polar surface area (TPSA) is 99.0 Å². The average molecular weight is 206 g/mol. The van der Waals surface area contributed by atoms with Crippen LogP contribution in [-0.4, -0.2) is 33.8 Å². The zero-order valence-electron chi connectivity index (χ0n) is 8.06. The van der Waals surface area contributed by atoms with Gasteiger partial charge >= 0.3 is 5.97 Å². The number of carboxylic acid groups (broad SMARTS) is 1. The van der Waals surface area contributed by atoms with Gasteiger partial charge in [0.2, 0.25) is 0 Å². The van der Waals surface area contributed by atoms with E-state index in [-0.39, 0.29) is 5.57 Å². The Balaban J connectivity index is 3.11. The molecule has 0 saturated carbocycles. The van der Waals surface area contributed by atoms with Gasteiger partial charge in [0.25, 0.3) is 0 Å². The molecule has 1 rings (SSSR count). The molecule has 3 N–H and O–H groups in total. The average Bonchev–Trinajstić information content (AvgIpc) is 2.26. The largest absolute Gasteiger partial charge is 0.477 e. The van der Waals surface area contributed by atoms with Crippen molar-refractivity contribution < 1.29 is 9.90 Å². The lowest BCUT2D eigenvalue weighted by Crippen LogP contribution is -2.16. The maximum Gasteiger partial charge on any atom is 0.354 e. The third-order valence-corrected chi connectivity index (χ3v) is 1.61. The number of hydrogen-bond acceptors (Lipinski definition) is 5. The second-order valence-electron chi connectivity index (χ2n) is 2.62. The first kappa shape index (κ1) is 10.8. The summed E-state index contributed by atoms with van der Waals surface area (Å²) in [4.78, 5) is 18.4. The molecule has 0 radical (unpaired) electrons. The van der Waals surface area contributed by atoms with Crippen molar-refractivity contribution in [1.82, 2.24) is 15.3 Å². The highest BCUT2D eigenvalue weighted by Gasteiger charge is 2.15. The van der Waals surface area contributed by atoms with Crippen LogP contribution in [0.2, 0.25) is 0 Å². The molecule has 1 aromatic heterocycles. The zero-order chi connectivity index (χ0) is 11.3. The van der Waals surface area contributed by atoms with Gasteiger partial charge in [-0.3, -0.25) is 15.4 Å². The normalized spacial score (nSPS) is 10.9. The number of nitrogens with one attached hydrogen (secondary N) is 2. The lowest BCUT2D eigenvalue weighted by atomic mass is 10.1. The standard InChI is InChI=1S/C9H10N4O2/c1-11-4-6(8(10)9(14)15)7-5-12-2-3-13-7/h2-5,10-11H,1H3,(H,14,15)/b6-4-,10-8?. The van der Waals surface area contributed by atoms with E-state index >= 15 is 0 Å². The zero-order valence-corrected chi connectivity index (χ0v) is 8.06. The number of aromatic nitrogens is 2. The van der Waals surface area contributed by atoms with Crippen LogP contribution in [0.15, 0.2) is 24.8 Å². The molecule has 78 valence electrons. The SMILES string of the molecule is CN/C=C(\C(=N)C(=O)O)c1cnccn1. The van der Waals surface area contributed by atoms with E-state index in [0.29, 0.717) is 5.69 Å². The second kappa shape index (κ2) is 4.85. The molecular weight excluding hydrogens is 196 g/mol. The summed E-state index contributed by atoms with van der Waals surface area (Å²) in [6.07, 6.45) is 5.72. The van der Waals surface area contributed by atoms with Crippen molar-refractivity contribution in [3.8, 4) is 0 Å². The van der Waals surface area contributed by atoms with Gasteiger partial charge in [0.05, 0.1) is 11.9 Å². The quantitative estimate of drug-likeness (QED) is 0.608. The first-order valence-electron chi connectivity index (χ1n) is 4.13. The van der Waals surface area contributed by atoms with Crippen LogP contribution in [0.25, 0.3) is 5.57 Å². The summed E-state index contributed by atoms with van der Waals surface area (Å²) in [5, 5.41) is 18.7. The van der Waals surface area contributed by atoms with Crippen molar-refractivity contribution in [2.75, 3.05) is 7.05 Å². The van der Waals surface area contributed by atoms with Gasteiger partial charge in [-0.1, -0.05) is 0 Å². The van der Waals surface area contributed by atoms with Gasteiger partial charge in [-0.2, -0.15) is 0 Å². The van der Waals surface area contributed by atoms with Crippen LogP contribution in [-0.2, 0) is 4.79 Å². The van der Waals surface area contributed by atoms with Crippen molar-refractivity contribution in [3.63, 3.8) is 0 Å². The smallest absolute Gasteiger partial charge is 0.354 e. The van der Waals surface area contributed by atoms with Gasteiger partial charge < -0.3 is 10.4 Å². The summed E-state index contributed by atoms with van der Waals surface area (Å²) in [5.74, 6) is -1.30. The Kier molecular flexibility index (Phi) is 3.50. The highest BCUT2D eigenvalue weighted by Crippen LogP contribution is 2.10. The monoisotopic (exact) mass is 206 g/mol. The molecule has 0 aromatic carbocycles. The Morgan fingerprint density at radius 3 is 2.80 bits per heavy atom. The summed E-state index contributed by atoms with van der Waals surface area (Å²) in [6, 6.07) is 0. The summed E-state index contributed by atoms with van der Waals surface area (Å²) >= 11 is 0. The highest BCUT2D eigenvalue weighted by atomic mass is 16.4. The minimum Gasteiger partial charge on any atom is -0.477 e. The van der Waals surface area contributed by atoms with Gasteiger partial charge in [0.1, 0.15) is 0 Å². The molecule has 0 spiro atoms. The third-order valence-electron chi connectivity index (χ3n) is 1.61. The highest BCUT2D eigenvalue weighted by molar-refractivity contribution is 6.52. The Morgan fingerprint density at radius 2 is 2.33 bits per heavy atom. The van der Waals surface area contributed by atoms with Crippen molar-refractivity contribution in [1.29, 1.82) is 5.41 Å². The van der Waals surface area contributed by atoms with E-state index in [9.17, 15) is 4.79 Å². The molecule has 6 nitrogen and oxygen atoms in total. The van der Waals surface area contributed by atoms with E-state index in [1.807, 2.05) is 0 Å². The number of nitrogens with zero attached hydrogens (tertiary/aromatic N) is 2. The minimum atomic E-state index is -1.30. The summed E-state index contributed by atoms with van der Waals surface area (Å²) in [5.41, 5.74) is 0.0159. The molecule has 0 unspecified atom stereocenters. The Morgan fingerprint density at radius 1 is 1.60 bits per heavy atom. The molecule has 1 heterocycles. The Labute approximate surface area is 86.2 Å². The van der Waals surface area contributed by atoms with Crippen LogP contribution < -0.4 is 5.32 Å². The summed E-state index contributed by atoms with van der Waals surface area (Å²) < 4.78 is 0. The van der Waals surface area contributed by atoms with Gasteiger partial charge in [-0.15, -0.1) is 0 Å². The third kappa shape index (κ3) is 2.60. The first-order chi connectivity index (χ1) is 7.16. The predicted octanol–water partition coefficient (Wildman–Crippen LogP) is 0.141. The molecule has 1 aromatic rings. The van der Waals surface area contributed by atoms with Gasteiger partial charge in [-0.25, -0.2) is 4.79 Å². The molecule has 0 bridgehead atoms. The van der Waals surface area contributed by atoms with Crippen LogP contribution >= 0.6 is 0 Å². The van der Waals surface area contributed by atoms with E-state index in [0.717, 1.165) is 0 Å². The Bertz CT molecular complexity index is 400. The van der Waals surface area contributed by atoms with Crippen molar-refractivity contribution in [2.24, 2.45) is 0 Å². The second-order valence-corrected chi connectivity index (χ2v) is 2.62. The van der Waals surface area contributed by atoms with E-state index in [1.54, 1.807) is 7.05 Å². The van der Waals surface area contributed by atoms with Crippen LogP contribution in [0.1, 0.15) is 5.69 Å². The van der Waals surface area contributed by atoms with Crippen LogP contribution in [0.5, 0.6) is 0 Å². The summed E-state index contributed by atoms with van der Waals surface area (Å²) in [7, 11) is 1.62. The number of carboxylic acids is 1. The fourth-order valence-corrected chi connectivity index (χ4v) is 0.972. The van der Waals surface area contributed by atoms with Crippen LogP contribution in [0.3, 0.4) is 0 Å². The number of hydrogen-bond donors (Lipinski definition) is 3. The lowest BCUT2D eigenvalue weighted by molar-refractivity contribution is -0.129. The van der Waals surface area contributed by atoms with Gasteiger partial charge in [0.15, 0.2) is 5.71 Å². The van der Waals surface area contributed by atoms with E-state index in [1.165, 1.54) is 24.8 Å². The van der Waals surface area contributed by atoms with Crippen molar-refractivity contribution in [2.45, 2.75) is 0 Å². The van der Waals surface area contributed by atoms with Gasteiger partial charge in [-0.05, 0) is 0 Å². The fraction of sp³-hybridized carbons (Fsp3) is 0.111. The molecule has 0 fully saturated rings. The maximum atomic E-state index is 10.6. The molecule has 0 aliphatic heterocycles. The van der Waals surface area contributed by atoms with E-state index in [4.69, 9.17) is 10.5 Å². The van der Waals surface area contributed by atoms with Crippen molar-refractivity contribution >= 4 is 17.3 Å². The first-order valence-corrected chi connectivity index (χ1v) is 4.13. The fourth-order valence-electron chi connectivity index (χ4n) is 0.972. The molecule has 0 saturated heterocycles. The number of carbonyl (C=O) groups is 1. The molecule has 0 aliphatic carbocycles. The number of aliphatic carboxylic acids is 1. The summed E-state index contributed by atoms with van der Waals surface area (Å²) in [6.45, 7) is 0. The van der Waals surface area contributed by atoms with Crippen LogP contribution in [0, 0.1) is 5.41 Å². The Hall–Kier alpha value is -2.24. The van der Waals surface area contributed by atoms with Crippen molar-refractivity contribution in [3.05, 3.63) is 30.5 Å². The molecule has 6 heteroatoms. The van der Waals surface area contributed by atoms with Gasteiger partial charge in [0, 0.05) is 31.2 Å². The molecule has 15 heavy (non-hydrogen) atoms. The molecule has 0 amide bonds. The van der Waals surface area contributed by atoms with E-state index in [2.05, 4.69) is 15.3 Å². The lowest BCUT2D eigenvalue weighted by Gasteiger charge is -2.04.